The van der Waals surface area contributed by atoms with Crippen molar-refractivity contribution in [2.24, 2.45) is 0 Å². The van der Waals surface area contributed by atoms with Gasteiger partial charge in [0.25, 0.3) is 5.91 Å². The predicted molar refractivity (Wildman–Crippen MR) is 97.0 cm³/mol. The fraction of sp³-hybridized carbons (Fsp3) is 0.556. The molecule has 0 spiro atoms. The Morgan fingerprint density at radius 3 is 2.70 bits per heavy atom. The van der Waals surface area contributed by atoms with Crippen LogP contribution in [-0.2, 0) is 0 Å². The molecule has 126 valence electrons. The van der Waals surface area contributed by atoms with Crippen molar-refractivity contribution in [1.82, 2.24) is 10.2 Å². The van der Waals surface area contributed by atoms with Crippen molar-refractivity contribution in [3.63, 3.8) is 0 Å². The van der Waals surface area contributed by atoms with Gasteiger partial charge in [-0.05, 0) is 49.7 Å². The Morgan fingerprint density at radius 1 is 1.26 bits per heavy atom. The van der Waals surface area contributed by atoms with Gasteiger partial charge in [-0.25, -0.2) is 0 Å². The highest BCUT2D eigenvalue weighted by molar-refractivity contribution is 7.80. The second-order valence-corrected chi connectivity index (χ2v) is 6.28. The largest absolute Gasteiger partial charge is 0.494 e. The number of carbonyl (C=O) groups excluding carboxylic acids is 1. The summed E-state index contributed by atoms with van der Waals surface area (Å²) in [6, 6.07) is 7.27. The van der Waals surface area contributed by atoms with Crippen LogP contribution in [0.3, 0.4) is 0 Å². The first-order chi connectivity index (χ1) is 11.2. The molecule has 1 aromatic rings. The Balaban J connectivity index is 1.91. The van der Waals surface area contributed by atoms with Gasteiger partial charge in [-0.2, -0.15) is 0 Å². The molecule has 1 saturated heterocycles. The van der Waals surface area contributed by atoms with Crippen LogP contribution in [0.15, 0.2) is 24.3 Å². The second kappa shape index (κ2) is 9.50. The van der Waals surface area contributed by atoms with Crippen molar-refractivity contribution in [2.45, 2.75) is 45.4 Å². The van der Waals surface area contributed by atoms with Gasteiger partial charge in [-0.3, -0.25) is 10.1 Å². The third kappa shape index (κ3) is 5.82. The number of likely N-dealkylation sites (tertiary alicyclic amines) is 1. The number of benzene rings is 1. The molecular weight excluding hydrogens is 308 g/mol. The Morgan fingerprint density at radius 2 is 2.00 bits per heavy atom. The summed E-state index contributed by atoms with van der Waals surface area (Å²) in [5.41, 5.74) is 0.580. The molecule has 2 rings (SSSR count). The summed E-state index contributed by atoms with van der Waals surface area (Å²) in [5.74, 6) is 0.562. The van der Waals surface area contributed by atoms with Crippen LogP contribution >= 0.6 is 12.2 Å². The standard InChI is InChI=1S/C18H26N2O2S/c1-2-3-13-22-16-10-8-9-15(14-16)17(21)19-18(23)20-11-6-4-5-7-12-20/h8-10,14H,2-7,11-13H2,1H3,(H,19,21,23). The van der Waals surface area contributed by atoms with E-state index in [0.29, 0.717) is 17.3 Å². The zero-order valence-corrected chi connectivity index (χ0v) is 14.7. The molecule has 1 aliphatic heterocycles. The molecule has 0 saturated carbocycles. The lowest BCUT2D eigenvalue weighted by Crippen LogP contribution is -2.43. The lowest BCUT2D eigenvalue weighted by Gasteiger charge is -2.23. The predicted octanol–water partition coefficient (Wildman–Crippen LogP) is 3.76. The summed E-state index contributed by atoms with van der Waals surface area (Å²) >= 11 is 5.39. The third-order valence-corrected chi connectivity index (χ3v) is 4.34. The highest BCUT2D eigenvalue weighted by Gasteiger charge is 2.15. The van der Waals surface area contributed by atoms with Crippen LogP contribution < -0.4 is 10.1 Å². The molecule has 0 atom stereocenters. The van der Waals surface area contributed by atoms with Gasteiger partial charge < -0.3 is 9.64 Å². The Kier molecular flexibility index (Phi) is 7.33. The summed E-state index contributed by atoms with van der Waals surface area (Å²) in [7, 11) is 0. The highest BCUT2D eigenvalue weighted by Crippen LogP contribution is 2.14. The van der Waals surface area contributed by atoms with E-state index >= 15 is 0 Å². The molecule has 0 radical (unpaired) electrons. The smallest absolute Gasteiger partial charge is 0.257 e. The van der Waals surface area contributed by atoms with E-state index in [1.165, 1.54) is 12.8 Å². The topological polar surface area (TPSA) is 41.6 Å². The third-order valence-electron chi connectivity index (χ3n) is 3.98. The van der Waals surface area contributed by atoms with E-state index in [1.807, 2.05) is 12.1 Å². The Labute approximate surface area is 144 Å². The lowest BCUT2D eigenvalue weighted by molar-refractivity contribution is 0.0973. The quantitative estimate of drug-likeness (QED) is 0.658. The molecule has 1 N–H and O–H groups in total. The van der Waals surface area contributed by atoms with Gasteiger partial charge >= 0.3 is 0 Å². The normalized spacial score (nSPS) is 14.9. The number of nitrogens with one attached hydrogen (secondary N) is 1. The number of nitrogens with zero attached hydrogens (tertiary/aromatic N) is 1. The molecule has 5 heteroatoms. The number of hydrogen-bond donors (Lipinski definition) is 1. The van der Waals surface area contributed by atoms with Gasteiger partial charge in [0, 0.05) is 18.7 Å². The van der Waals surface area contributed by atoms with Crippen molar-refractivity contribution >= 4 is 23.2 Å². The number of ether oxygens (including phenoxy) is 1. The van der Waals surface area contributed by atoms with E-state index in [2.05, 4.69) is 17.1 Å². The number of thiocarbonyl (C=S) groups is 1. The molecule has 0 bridgehead atoms. The van der Waals surface area contributed by atoms with Gasteiger partial charge in [-0.15, -0.1) is 0 Å². The van der Waals surface area contributed by atoms with E-state index < -0.39 is 0 Å². The van der Waals surface area contributed by atoms with E-state index in [4.69, 9.17) is 17.0 Å². The highest BCUT2D eigenvalue weighted by atomic mass is 32.1. The molecule has 1 aromatic carbocycles. The number of rotatable bonds is 5. The van der Waals surface area contributed by atoms with E-state index in [0.717, 1.165) is 44.5 Å². The van der Waals surface area contributed by atoms with Crippen molar-refractivity contribution in [2.75, 3.05) is 19.7 Å². The SMILES string of the molecule is CCCCOc1cccc(C(=O)NC(=S)N2CCCCCC2)c1. The van der Waals surface area contributed by atoms with E-state index in [1.54, 1.807) is 12.1 Å². The minimum absolute atomic E-state index is 0.166. The molecule has 0 aromatic heterocycles. The summed E-state index contributed by atoms with van der Waals surface area (Å²) in [4.78, 5) is 14.5. The number of hydrogen-bond acceptors (Lipinski definition) is 3. The molecule has 0 aliphatic carbocycles. The van der Waals surface area contributed by atoms with E-state index in [-0.39, 0.29) is 5.91 Å². The number of unbranched alkanes of at least 4 members (excludes halogenated alkanes) is 1. The maximum Gasteiger partial charge on any atom is 0.257 e. The van der Waals surface area contributed by atoms with Crippen molar-refractivity contribution in [3.05, 3.63) is 29.8 Å². The molecule has 1 fully saturated rings. The molecule has 4 nitrogen and oxygen atoms in total. The van der Waals surface area contributed by atoms with Crippen molar-refractivity contribution in [1.29, 1.82) is 0 Å². The Hall–Kier alpha value is -1.62. The number of amides is 1. The van der Waals surface area contributed by atoms with E-state index in [9.17, 15) is 4.79 Å². The summed E-state index contributed by atoms with van der Waals surface area (Å²) in [6.07, 6.45) is 6.85. The van der Waals surface area contributed by atoms with Crippen molar-refractivity contribution in [3.8, 4) is 5.75 Å². The maximum atomic E-state index is 12.4. The average molecular weight is 334 g/mol. The van der Waals surface area contributed by atoms with Gasteiger partial charge in [0.2, 0.25) is 0 Å². The molecular formula is C18H26N2O2S. The van der Waals surface area contributed by atoms with Crippen LogP contribution in [-0.4, -0.2) is 35.6 Å². The van der Waals surface area contributed by atoms with Gasteiger partial charge in [-0.1, -0.05) is 32.3 Å². The minimum atomic E-state index is -0.166. The fourth-order valence-corrected chi connectivity index (χ4v) is 2.86. The fourth-order valence-electron chi connectivity index (χ4n) is 2.58. The minimum Gasteiger partial charge on any atom is -0.494 e. The average Bonchev–Trinajstić information content (AvgIpc) is 2.85. The van der Waals surface area contributed by atoms with Gasteiger partial charge in [0.05, 0.1) is 6.61 Å². The first-order valence-electron chi connectivity index (χ1n) is 8.54. The van der Waals surface area contributed by atoms with Crippen LogP contribution in [0.5, 0.6) is 5.75 Å². The molecule has 0 unspecified atom stereocenters. The van der Waals surface area contributed by atoms with Crippen molar-refractivity contribution < 1.29 is 9.53 Å². The number of carbonyl (C=O) groups is 1. The second-order valence-electron chi connectivity index (χ2n) is 5.89. The Bertz CT molecular complexity index is 526. The van der Waals surface area contributed by atoms with Crippen LogP contribution in [0.2, 0.25) is 0 Å². The summed E-state index contributed by atoms with van der Waals surface area (Å²) < 4.78 is 5.65. The summed E-state index contributed by atoms with van der Waals surface area (Å²) in [6.45, 7) is 4.66. The van der Waals surface area contributed by atoms with Crippen LogP contribution in [0.1, 0.15) is 55.8 Å². The van der Waals surface area contributed by atoms with Gasteiger partial charge in [0.1, 0.15) is 5.75 Å². The molecule has 1 heterocycles. The molecule has 1 aliphatic rings. The maximum absolute atomic E-state index is 12.4. The lowest BCUT2D eigenvalue weighted by atomic mass is 10.2. The van der Waals surface area contributed by atoms with Crippen LogP contribution in [0.4, 0.5) is 0 Å². The summed E-state index contributed by atoms with van der Waals surface area (Å²) in [5, 5.41) is 3.39. The first kappa shape index (κ1) is 17.7. The molecule has 1 amide bonds. The molecule has 23 heavy (non-hydrogen) atoms. The first-order valence-corrected chi connectivity index (χ1v) is 8.94. The van der Waals surface area contributed by atoms with Crippen LogP contribution in [0, 0.1) is 0 Å². The van der Waals surface area contributed by atoms with Gasteiger partial charge in [0.15, 0.2) is 5.11 Å². The monoisotopic (exact) mass is 334 g/mol. The zero-order chi connectivity index (χ0) is 16.5. The van der Waals surface area contributed by atoms with Crippen LogP contribution in [0.25, 0.3) is 0 Å². The zero-order valence-electron chi connectivity index (χ0n) is 13.8.